The zero-order valence-electron chi connectivity index (χ0n) is 15.1. The number of hydrogen-bond acceptors (Lipinski definition) is 6. The molecule has 2 rings (SSSR count). The van der Waals surface area contributed by atoms with Crippen molar-refractivity contribution in [2.45, 2.75) is 26.5 Å². The van der Waals surface area contributed by atoms with Crippen LogP contribution >= 0.6 is 11.3 Å². The number of aliphatic hydroxyl groups excluding tert-OH is 1. The van der Waals surface area contributed by atoms with E-state index in [1.54, 1.807) is 29.5 Å². The van der Waals surface area contributed by atoms with E-state index in [4.69, 9.17) is 9.47 Å². The van der Waals surface area contributed by atoms with E-state index in [0.717, 1.165) is 6.54 Å². The van der Waals surface area contributed by atoms with E-state index in [0.29, 0.717) is 23.6 Å². The summed E-state index contributed by atoms with van der Waals surface area (Å²) in [4.78, 5) is 14.8. The number of benzene rings is 1. The minimum Gasteiger partial charge on any atom is -0.493 e. The second kappa shape index (κ2) is 8.99. The lowest BCUT2D eigenvalue weighted by atomic mass is 10.1. The summed E-state index contributed by atoms with van der Waals surface area (Å²) in [5, 5.41) is 12.3. The molecule has 0 saturated carbocycles. The Hall–Kier alpha value is -1.89. The normalized spacial score (nSPS) is 12.2. The Kier molecular flexibility index (Phi) is 6.99. The van der Waals surface area contributed by atoms with E-state index >= 15 is 0 Å². The molecule has 1 N–H and O–H groups in total. The smallest absolute Gasteiger partial charge is 0.161 e. The SMILES string of the molecule is COc1cc(C(C)=O)ccc1OC[C@H](O)CN(C)Cc1sccc1C. The highest BCUT2D eigenvalue weighted by molar-refractivity contribution is 7.10. The fourth-order valence-corrected chi connectivity index (χ4v) is 3.47. The van der Waals surface area contributed by atoms with Crippen LogP contribution in [0.15, 0.2) is 29.6 Å². The van der Waals surface area contributed by atoms with Crippen molar-refractivity contribution in [3.8, 4) is 11.5 Å². The summed E-state index contributed by atoms with van der Waals surface area (Å²) in [7, 11) is 3.50. The summed E-state index contributed by atoms with van der Waals surface area (Å²) in [6.45, 7) is 5.06. The minimum atomic E-state index is -0.623. The summed E-state index contributed by atoms with van der Waals surface area (Å²) in [6, 6.07) is 7.14. The molecular formula is C19H25NO4S. The number of carbonyl (C=O) groups is 1. The van der Waals surface area contributed by atoms with Crippen molar-refractivity contribution in [1.29, 1.82) is 0 Å². The van der Waals surface area contributed by atoms with Crippen molar-refractivity contribution >= 4 is 17.1 Å². The van der Waals surface area contributed by atoms with Crippen LogP contribution in [0.5, 0.6) is 11.5 Å². The largest absolute Gasteiger partial charge is 0.493 e. The zero-order chi connectivity index (χ0) is 18.4. The number of methoxy groups -OCH3 is 1. The number of aliphatic hydroxyl groups is 1. The molecule has 2 aromatic rings. The first-order valence-corrected chi connectivity index (χ1v) is 9.00. The molecule has 6 heteroatoms. The fraction of sp³-hybridized carbons (Fsp3) is 0.421. The third-order valence-electron chi connectivity index (χ3n) is 3.91. The second-order valence-corrected chi connectivity index (χ2v) is 7.11. The highest BCUT2D eigenvalue weighted by atomic mass is 32.1. The van der Waals surface area contributed by atoms with Gasteiger partial charge in [-0.2, -0.15) is 0 Å². The number of thiophene rings is 1. The maximum atomic E-state index is 11.4. The Morgan fingerprint density at radius 2 is 2.08 bits per heavy atom. The number of carbonyl (C=O) groups excluding carboxylic acids is 1. The Morgan fingerprint density at radius 1 is 1.32 bits per heavy atom. The summed E-state index contributed by atoms with van der Waals surface area (Å²) in [6.07, 6.45) is -0.623. The van der Waals surface area contributed by atoms with Crippen LogP contribution in [-0.4, -0.2) is 49.2 Å². The molecule has 0 unspecified atom stereocenters. The standard InChI is InChI=1S/C19H25NO4S/c1-13-7-8-25-19(13)11-20(3)10-16(22)12-24-17-6-5-15(14(2)21)9-18(17)23-4/h5-9,16,22H,10-12H2,1-4H3/t16-/m1/s1. The van der Waals surface area contributed by atoms with Crippen LogP contribution in [0.1, 0.15) is 27.7 Å². The predicted molar refractivity (Wildman–Crippen MR) is 99.9 cm³/mol. The van der Waals surface area contributed by atoms with Gasteiger partial charge in [0.15, 0.2) is 17.3 Å². The van der Waals surface area contributed by atoms with Gasteiger partial charge in [0.05, 0.1) is 7.11 Å². The van der Waals surface area contributed by atoms with Crippen molar-refractivity contribution in [1.82, 2.24) is 4.90 Å². The molecule has 0 saturated heterocycles. The van der Waals surface area contributed by atoms with Crippen molar-refractivity contribution in [3.05, 3.63) is 45.6 Å². The summed E-state index contributed by atoms with van der Waals surface area (Å²) in [5.41, 5.74) is 1.84. The van der Waals surface area contributed by atoms with Crippen LogP contribution in [0.2, 0.25) is 0 Å². The van der Waals surface area contributed by atoms with Crippen LogP contribution in [0.3, 0.4) is 0 Å². The lowest BCUT2D eigenvalue weighted by Crippen LogP contribution is -2.32. The molecule has 0 spiro atoms. The second-order valence-electron chi connectivity index (χ2n) is 6.11. The molecule has 0 aliphatic heterocycles. The topological polar surface area (TPSA) is 59.0 Å². The average Bonchev–Trinajstić information content (AvgIpc) is 2.97. The first-order valence-electron chi connectivity index (χ1n) is 8.12. The number of Topliss-reactive ketones (excluding diaryl/α,β-unsaturated/α-hetero) is 1. The number of nitrogens with zero attached hydrogens (tertiary/aromatic N) is 1. The molecule has 0 bridgehead atoms. The Bertz CT molecular complexity index is 713. The third kappa shape index (κ3) is 5.56. The van der Waals surface area contributed by atoms with Gasteiger partial charge in [0.2, 0.25) is 0 Å². The molecule has 5 nitrogen and oxygen atoms in total. The molecule has 1 heterocycles. The molecule has 0 radical (unpaired) electrons. The van der Waals surface area contributed by atoms with Crippen LogP contribution in [0.25, 0.3) is 0 Å². The third-order valence-corrected chi connectivity index (χ3v) is 4.91. The lowest BCUT2D eigenvalue weighted by Gasteiger charge is -2.21. The summed E-state index contributed by atoms with van der Waals surface area (Å²) in [5.74, 6) is 0.973. The van der Waals surface area contributed by atoms with Gasteiger partial charge in [-0.1, -0.05) is 0 Å². The predicted octanol–water partition coefficient (Wildman–Crippen LogP) is 3.14. The van der Waals surface area contributed by atoms with Crippen LogP contribution in [0, 0.1) is 6.92 Å². The minimum absolute atomic E-state index is 0.0321. The van der Waals surface area contributed by atoms with Crippen molar-refractivity contribution in [2.24, 2.45) is 0 Å². The fourth-order valence-electron chi connectivity index (χ4n) is 2.48. The Morgan fingerprint density at radius 3 is 2.68 bits per heavy atom. The number of rotatable bonds is 9. The van der Waals surface area contributed by atoms with Gasteiger partial charge in [-0.25, -0.2) is 0 Å². The van der Waals surface area contributed by atoms with E-state index in [2.05, 4.69) is 23.3 Å². The first kappa shape index (κ1) is 19.4. The molecular weight excluding hydrogens is 338 g/mol. The van der Waals surface area contributed by atoms with Gasteiger partial charge in [0.25, 0.3) is 0 Å². The molecule has 0 amide bonds. The maximum Gasteiger partial charge on any atom is 0.161 e. The van der Waals surface area contributed by atoms with E-state index in [-0.39, 0.29) is 12.4 Å². The maximum absolute atomic E-state index is 11.4. The summed E-state index contributed by atoms with van der Waals surface area (Å²) >= 11 is 1.73. The highest BCUT2D eigenvalue weighted by Crippen LogP contribution is 2.28. The number of ketones is 1. The highest BCUT2D eigenvalue weighted by Gasteiger charge is 2.13. The summed E-state index contributed by atoms with van der Waals surface area (Å²) < 4.78 is 10.9. The van der Waals surface area contributed by atoms with Crippen LogP contribution in [-0.2, 0) is 6.54 Å². The number of aryl methyl sites for hydroxylation is 1. The van der Waals surface area contributed by atoms with Gasteiger partial charge in [-0.3, -0.25) is 9.69 Å². The number of ether oxygens (including phenoxy) is 2. The Labute approximate surface area is 152 Å². The van der Waals surface area contributed by atoms with E-state index in [1.165, 1.54) is 24.5 Å². The van der Waals surface area contributed by atoms with E-state index in [9.17, 15) is 9.90 Å². The molecule has 1 atom stereocenters. The van der Waals surface area contributed by atoms with E-state index < -0.39 is 6.10 Å². The van der Waals surface area contributed by atoms with Gasteiger partial charge >= 0.3 is 0 Å². The molecule has 0 fully saturated rings. The van der Waals surface area contributed by atoms with Gasteiger partial charge in [-0.05, 0) is 56.1 Å². The number of likely N-dealkylation sites (N-methyl/N-ethyl adjacent to an activating group) is 1. The van der Waals surface area contributed by atoms with Gasteiger partial charge in [0, 0.05) is 23.5 Å². The van der Waals surface area contributed by atoms with E-state index in [1.807, 2.05) is 7.05 Å². The molecule has 25 heavy (non-hydrogen) atoms. The van der Waals surface area contributed by atoms with Crippen LogP contribution < -0.4 is 9.47 Å². The molecule has 0 aliphatic carbocycles. The van der Waals surface area contributed by atoms with Gasteiger partial charge < -0.3 is 14.6 Å². The first-order chi connectivity index (χ1) is 11.9. The Balaban J connectivity index is 1.88. The molecule has 136 valence electrons. The number of hydrogen-bond donors (Lipinski definition) is 1. The van der Waals surface area contributed by atoms with Crippen molar-refractivity contribution in [2.75, 3.05) is 27.3 Å². The monoisotopic (exact) mass is 363 g/mol. The lowest BCUT2D eigenvalue weighted by molar-refractivity contribution is 0.0734. The van der Waals surface area contributed by atoms with Gasteiger partial charge in [0.1, 0.15) is 12.7 Å². The quantitative estimate of drug-likeness (QED) is 0.694. The molecule has 0 aliphatic rings. The van der Waals surface area contributed by atoms with Crippen molar-refractivity contribution in [3.63, 3.8) is 0 Å². The zero-order valence-corrected chi connectivity index (χ0v) is 15.9. The van der Waals surface area contributed by atoms with Crippen LogP contribution in [0.4, 0.5) is 0 Å². The van der Waals surface area contributed by atoms with Gasteiger partial charge in [-0.15, -0.1) is 11.3 Å². The van der Waals surface area contributed by atoms with Crippen molar-refractivity contribution < 1.29 is 19.4 Å². The average molecular weight is 363 g/mol. The molecule has 1 aromatic carbocycles. The molecule has 1 aromatic heterocycles.